The summed E-state index contributed by atoms with van der Waals surface area (Å²) >= 11 is 0. The molecule has 29 heavy (non-hydrogen) atoms. The van der Waals surface area contributed by atoms with Crippen molar-refractivity contribution in [2.24, 2.45) is 5.73 Å². The van der Waals surface area contributed by atoms with E-state index in [0.29, 0.717) is 17.6 Å². The van der Waals surface area contributed by atoms with E-state index < -0.39 is 5.91 Å². The van der Waals surface area contributed by atoms with Gasteiger partial charge < -0.3 is 15.4 Å². The number of ether oxygens (including phenoxy) is 1. The molecule has 2 saturated heterocycles. The minimum absolute atomic E-state index is 0.109. The van der Waals surface area contributed by atoms with E-state index in [1.807, 2.05) is 16.8 Å². The Morgan fingerprint density at radius 1 is 1.17 bits per heavy atom. The third-order valence-electron chi connectivity index (χ3n) is 5.88. The Morgan fingerprint density at radius 2 is 2.00 bits per heavy atom. The highest BCUT2D eigenvalue weighted by Crippen LogP contribution is 2.34. The Bertz CT molecular complexity index is 1050. The van der Waals surface area contributed by atoms with Crippen molar-refractivity contribution < 1.29 is 9.53 Å². The van der Waals surface area contributed by atoms with Crippen LogP contribution in [0.1, 0.15) is 49.2 Å². The van der Waals surface area contributed by atoms with Crippen LogP contribution in [0, 0.1) is 0 Å². The zero-order chi connectivity index (χ0) is 20.0. The molecule has 2 aliphatic heterocycles. The molecule has 0 saturated carbocycles. The molecule has 0 bridgehead atoms. The van der Waals surface area contributed by atoms with Gasteiger partial charge in [-0.25, -0.2) is 14.6 Å². The molecule has 3 aromatic rings. The van der Waals surface area contributed by atoms with Gasteiger partial charge in [0.15, 0.2) is 6.23 Å². The van der Waals surface area contributed by atoms with Crippen LogP contribution in [0.2, 0.25) is 0 Å². The molecule has 1 amide bonds. The smallest absolute Gasteiger partial charge is 0.248 e. The lowest BCUT2D eigenvalue weighted by molar-refractivity contribution is -0.0366. The fourth-order valence-electron chi connectivity index (χ4n) is 4.02. The highest BCUT2D eigenvalue weighted by Gasteiger charge is 2.29. The fourth-order valence-corrected chi connectivity index (χ4v) is 4.02. The van der Waals surface area contributed by atoms with E-state index in [4.69, 9.17) is 20.4 Å². The van der Waals surface area contributed by atoms with Crippen LogP contribution in [0.25, 0.3) is 22.3 Å². The van der Waals surface area contributed by atoms with Gasteiger partial charge in [-0.2, -0.15) is 5.10 Å². The molecular weight excluding hydrogens is 368 g/mol. The highest BCUT2D eigenvalue weighted by atomic mass is 16.5. The Hall–Kier alpha value is -3.00. The van der Waals surface area contributed by atoms with Crippen LogP contribution >= 0.6 is 0 Å². The number of benzene rings is 1. The molecule has 2 aliphatic rings. The molecule has 2 atom stereocenters. The summed E-state index contributed by atoms with van der Waals surface area (Å²) in [6, 6.07) is 7.65. The minimum atomic E-state index is -0.444. The van der Waals surface area contributed by atoms with Gasteiger partial charge in [-0.3, -0.25) is 4.79 Å². The number of primary amides is 1. The van der Waals surface area contributed by atoms with Crippen molar-refractivity contribution in [3.8, 4) is 11.3 Å². The SMILES string of the molecule is C[C@H]1CCN1c1nc(-c2ccc(C(N)=O)cc2)c2c(cnn2C2CCCCO2)n1. The fraction of sp³-hybridized carbons (Fsp3) is 0.429. The molecule has 4 heterocycles. The van der Waals surface area contributed by atoms with Gasteiger partial charge in [0.1, 0.15) is 16.7 Å². The number of carbonyl (C=O) groups is 1. The number of anilines is 1. The molecule has 0 radical (unpaired) electrons. The average Bonchev–Trinajstić information content (AvgIpc) is 3.17. The van der Waals surface area contributed by atoms with Crippen molar-refractivity contribution in [1.29, 1.82) is 0 Å². The molecule has 1 unspecified atom stereocenters. The van der Waals surface area contributed by atoms with E-state index in [1.165, 1.54) is 0 Å². The molecule has 8 nitrogen and oxygen atoms in total. The lowest BCUT2D eigenvalue weighted by atomic mass is 10.1. The minimum Gasteiger partial charge on any atom is -0.366 e. The monoisotopic (exact) mass is 392 g/mol. The van der Waals surface area contributed by atoms with Crippen molar-refractivity contribution >= 4 is 22.9 Å². The molecule has 8 heteroatoms. The van der Waals surface area contributed by atoms with Crippen molar-refractivity contribution in [2.75, 3.05) is 18.1 Å². The van der Waals surface area contributed by atoms with Crippen LogP contribution in [-0.4, -0.2) is 44.8 Å². The van der Waals surface area contributed by atoms with Gasteiger partial charge in [0.05, 0.1) is 6.20 Å². The molecule has 150 valence electrons. The van der Waals surface area contributed by atoms with E-state index in [-0.39, 0.29) is 6.23 Å². The zero-order valence-electron chi connectivity index (χ0n) is 16.4. The first-order valence-electron chi connectivity index (χ1n) is 10.2. The third-order valence-corrected chi connectivity index (χ3v) is 5.88. The van der Waals surface area contributed by atoms with Gasteiger partial charge in [-0.1, -0.05) is 12.1 Å². The number of hydrogen-bond donors (Lipinski definition) is 1. The molecule has 2 fully saturated rings. The lowest BCUT2D eigenvalue weighted by Crippen LogP contribution is -2.46. The van der Waals surface area contributed by atoms with Crippen molar-refractivity contribution in [2.45, 2.75) is 44.9 Å². The van der Waals surface area contributed by atoms with Crippen molar-refractivity contribution in [3.05, 3.63) is 36.0 Å². The summed E-state index contributed by atoms with van der Waals surface area (Å²) in [5, 5.41) is 4.61. The number of fused-ring (bicyclic) bond motifs is 1. The molecule has 5 rings (SSSR count). The Labute approximate surface area is 168 Å². The van der Waals surface area contributed by atoms with Crippen LogP contribution in [0.5, 0.6) is 0 Å². The van der Waals surface area contributed by atoms with Gasteiger partial charge in [0.2, 0.25) is 11.9 Å². The van der Waals surface area contributed by atoms with Crippen LogP contribution in [0.15, 0.2) is 30.5 Å². The van der Waals surface area contributed by atoms with Gasteiger partial charge in [-0.05, 0) is 44.7 Å². The molecule has 0 aliphatic carbocycles. The van der Waals surface area contributed by atoms with Gasteiger partial charge >= 0.3 is 0 Å². The summed E-state index contributed by atoms with van der Waals surface area (Å²) in [7, 11) is 0. The van der Waals surface area contributed by atoms with Crippen molar-refractivity contribution in [3.63, 3.8) is 0 Å². The first-order valence-corrected chi connectivity index (χ1v) is 10.2. The maximum Gasteiger partial charge on any atom is 0.248 e. The number of amides is 1. The van der Waals surface area contributed by atoms with E-state index in [9.17, 15) is 4.79 Å². The average molecular weight is 392 g/mol. The summed E-state index contributed by atoms with van der Waals surface area (Å²) in [6.45, 7) is 3.86. The summed E-state index contributed by atoms with van der Waals surface area (Å²) in [6.07, 6.45) is 5.93. The van der Waals surface area contributed by atoms with E-state index in [0.717, 1.165) is 61.1 Å². The number of rotatable bonds is 4. The van der Waals surface area contributed by atoms with Gasteiger partial charge in [0.25, 0.3) is 0 Å². The first-order chi connectivity index (χ1) is 14.1. The molecule has 2 N–H and O–H groups in total. The van der Waals surface area contributed by atoms with Crippen LogP contribution in [0.3, 0.4) is 0 Å². The summed E-state index contributed by atoms with van der Waals surface area (Å²) in [4.78, 5) is 23.4. The second kappa shape index (κ2) is 7.11. The van der Waals surface area contributed by atoms with E-state index in [2.05, 4.69) is 16.9 Å². The normalized spacial score (nSPS) is 21.9. The topological polar surface area (TPSA) is 99.2 Å². The van der Waals surface area contributed by atoms with Crippen LogP contribution in [0.4, 0.5) is 5.95 Å². The highest BCUT2D eigenvalue weighted by molar-refractivity contribution is 5.94. The predicted molar refractivity (Wildman–Crippen MR) is 110 cm³/mol. The summed E-state index contributed by atoms with van der Waals surface area (Å²) in [5.74, 6) is 0.273. The van der Waals surface area contributed by atoms with E-state index >= 15 is 0 Å². The molecule has 0 spiro atoms. The Morgan fingerprint density at radius 3 is 2.62 bits per heavy atom. The second-order valence-corrected chi connectivity index (χ2v) is 7.79. The number of nitrogens with zero attached hydrogens (tertiary/aromatic N) is 5. The number of nitrogens with two attached hydrogens (primary N) is 1. The van der Waals surface area contributed by atoms with Crippen LogP contribution < -0.4 is 10.6 Å². The maximum atomic E-state index is 11.5. The standard InChI is InChI=1S/C21H24N6O2/c1-13-9-10-26(13)21-24-16-12-23-27(17-4-2-3-11-29-17)19(16)18(25-21)14-5-7-15(8-6-14)20(22)28/h5-8,12-13,17H,2-4,9-11H2,1H3,(H2,22,28)/t13-,17?/m0/s1. The number of carbonyl (C=O) groups excluding carboxylic acids is 1. The van der Waals surface area contributed by atoms with Crippen molar-refractivity contribution in [1.82, 2.24) is 19.7 Å². The quantitative estimate of drug-likeness (QED) is 0.733. The predicted octanol–water partition coefficient (Wildman–Crippen LogP) is 2.89. The molecule has 1 aromatic carbocycles. The second-order valence-electron chi connectivity index (χ2n) is 7.79. The van der Waals surface area contributed by atoms with Gasteiger partial charge in [-0.15, -0.1) is 0 Å². The molecular formula is C21H24N6O2. The number of aromatic nitrogens is 4. The van der Waals surface area contributed by atoms with Crippen LogP contribution in [-0.2, 0) is 4.74 Å². The lowest BCUT2D eigenvalue weighted by Gasteiger charge is -2.38. The Balaban J connectivity index is 1.67. The maximum absolute atomic E-state index is 11.5. The largest absolute Gasteiger partial charge is 0.366 e. The molecule has 2 aromatic heterocycles. The Kier molecular flexibility index (Phi) is 4.43. The summed E-state index contributed by atoms with van der Waals surface area (Å²) in [5.41, 5.74) is 9.23. The third kappa shape index (κ3) is 3.13. The van der Waals surface area contributed by atoms with E-state index in [1.54, 1.807) is 18.3 Å². The number of hydrogen-bond acceptors (Lipinski definition) is 6. The van der Waals surface area contributed by atoms with Gasteiger partial charge in [0, 0.05) is 30.3 Å². The zero-order valence-corrected chi connectivity index (χ0v) is 16.4. The first kappa shape index (κ1) is 18.1. The summed E-state index contributed by atoms with van der Waals surface area (Å²) < 4.78 is 7.88.